The zero-order chi connectivity index (χ0) is 10.4. The molecule has 1 unspecified atom stereocenters. The van der Waals surface area contributed by atoms with Crippen molar-refractivity contribution >= 4 is 17.7 Å². The number of nitrogens with two attached hydrogens (primary N) is 1. The van der Waals surface area contributed by atoms with Gasteiger partial charge in [-0.1, -0.05) is 30.3 Å². The van der Waals surface area contributed by atoms with Gasteiger partial charge in [-0.3, -0.25) is 4.79 Å². The maximum atomic E-state index is 10.4. The van der Waals surface area contributed by atoms with Gasteiger partial charge in [0.2, 0.25) is 0 Å². The van der Waals surface area contributed by atoms with Crippen LogP contribution in [0.25, 0.3) is 0 Å². The summed E-state index contributed by atoms with van der Waals surface area (Å²) in [6.45, 7) is 0. The van der Waals surface area contributed by atoms with Crippen molar-refractivity contribution < 1.29 is 22.3 Å². The summed E-state index contributed by atoms with van der Waals surface area (Å²) in [4.78, 5) is 10.4. The maximum Gasteiger partial charge on any atom is 0.321 e. The molecule has 1 aromatic rings. The van der Waals surface area contributed by atoms with Gasteiger partial charge in [0.15, 0.2) is 0 Å². The van der Waals surface area contributed by atoms with Crippen LogP contribution in [0.3, 0.4) is 0 Å². The van der Waals surface area contributed by atoms with Gasteiger partial charge >= 0.3 is 5.97 Å². The molecule has 0 bridgehead atoms. The Labute approximate surface area is 99.5 Å². The smallest absolute Gasteiger partial charge is 0.321 e. The third-order valence-electron chi connectivity index (χ3n) is 1.73. The molecule has 0 heterocycles. The quantitative estimate of drug-likeness (QED) is 0.653. The molecule has 0 aliphatic heterocycles. The minimum atomic E-state index is -0.939. The predicted octanol–water partition coefficient (Wildman–Crippen LogP) is -1.66. The van der Waals surface area contributed by atoms with Crippen molar-refractivity contribution in [1.82, 2.24) is 0 Å². The van der Waals surface area contributed by atoms with E-state index in [0.717, 1.165) is 5.75 Å². The Morgan fingerprint density at radius 1 is 1.40 bits per heavy atom. The minimum Gasteiger partial charge on any atom is -1.00 e. The zero-order valence-electron chi connectivity index (χ0n) is 8.10. The number of thioether (sulfide) groups is 1. The number of carboxylic acids is 1. The second-order valence-electron chi connectivity index (χ2n) is 2.95. The SMILES string of the molecule is NC(CSCc1ccccc1)C(=O)O.[Cl-]. The molecule has 15 heavy (non-hydrogen) atoms. The molecule has 5 heteroatoms. The van der Waals surface area contributed by atoms with Crippen LogP contribution >= 0.6 is 11.8 Å². The number of carboxylic acid groups (broad SMARTS) is 1. The zero-order valence-corrected chi connectivity index (χ0v) is 9.67. The molecular formula is C10H13ClNO2S-. The summed E-state index contributed by atoms with van der Waals surface area (Å²) in [5.41, 5.74) is 6.55. The Hall–Kier alpha value is -0.710. The second-order valence-corrected chi connectivity index (χ2v) is 3.98. The van der Waals surface area contributed by atoms with E-state index in [1.165, 1.54) is 17.3 Å². The lowest BCUT2D eigenvalue weighted by molar-refractivity contribution is -0.137. The van der Waals surface area contributed by atoms with Gasteiger partial charge in [0, 0.05) is 11.5 Å². The molecule has 0 saturated carbocycles. The molecule has 0 spiro atoms. The normalized spacial score (nSPS) is 11.5. The lowest BCUT2D eigenvalue weighted by atomic mass is 10.2. The standard InChI is InChI=1S/C10H13NO2S.ClH/c11-9(10(12)13)7-14-6-8-4-2-1-3-5-8;/h1-5,9H,6-7,11H2,(H,12,13);1H/p-1. The second kappa shape index (κ2) is 7.56. The Morgan fingerprint density at radius 2 is 2.00 bits per heavy atom. The van der Waals surface area contributed by atoms with Crippen molar-refractivity contribution in [3.05, 3.63) is 35.9 Å². The fraction of sp³-hybridized carbons (Fsp3) is 0.300. The van der Waals surface area contributed by atoms with Gasteiger partial charge in [-0.05, 0) is 5.56 Å². The van der Waals surface area contributed by atoms with Crippen molar-refractivity contribution in [2.75, 3.05) is 5.75 Å². The molecule has 0 fully saturated rings. The molecule has 1 aromatic carbocycles. The van der Waals surface area contributed by atoms with Gasteiger partial charge < -0.3 is 23.2 Å². The number of aliphatic carboxylic acids is 1. The molecule has 0 aromatic heterocycles. The van der Waals surface area contributed by atoms with Crippen LogP contribution < -0.4 is 18.1 Å². The first-order valence-electron chi connectivity index (χ1n) is 4.30. The van der Waals surface area contributed by atoms with E-state index in [1.807, 2.05) is 30.3 Å². The van der Waals surface area contributed by atoms with Crippen LogP contribution in [0.1, 0.15) is 5.56 Å². The fourth-order valence-corrected chi connectivity index (χ4v) is 1.89. The van der Waals surface area contributed by atoms with Crippen molar-refractivity contribution in [2.24, 2.45) is 5.73 Å². The Balaban J connectivity index is 0.00000196. The molecule has 0 aliphatic carbocycles. The average molecular weight is 247 g/mol. The molecule has 3 nitrogen and oxygen atoms in total. The largest absolute Gasteiger partial charge is 1.00 e. The van der Waals surface area contributed by atoms with E-state index < -0.39 is 12.0 Å². The highest BCUT2D eigenvalue weighted by Gasteiger charge is 2.10. The first-order chi connectivity index (χ1) is 6.70. The number of carbonyl (C=O) groups is 1. The van der Waals surface area contributed by atoms with Crippen molar-refractivity contribution in [3.8, 4) is 0 Å². The Morgan fingerprint density at radius 3 is 2.53 bits per heavy atom. The van der Waals surface area contributed by atoms with Crippen LogP contribution in [-0.4, -0.2) is 22.9 Å². The summed E-state index contributed by atoms with van der Waals surface area (Å²) in [5, 5.41) is 8.54. The molecule has 0 saturated heterocycles. The topological polar surface area (TPSA) is 63.3 Å². The summed E-state index contributed by atoms with van der Waals surface area (Å²) in [7, 11) is 0. The first kappa shape index (κ1) is 14.3. The van der Waals surface area contributed by atoms with Crippen LogP contribution in [0.2, 0.25) is 0 Å². The summed E-state index contributed by atoms with van der Waals surface area (Å²) >= 11 is 1.54. The van der Waals surface area contributed by atoms with Gasteiger partial charge in [-0.25, -0.2) is 0 Å². The minimum absolute atomic E-state index is 0. The molecule has 0 amide bonds. The molecular weight excluding hydrogens is 234 g/mol. The molecule has 1 atom stereocenters. The average Bonchev–Trinajstić information content (AvgIpc) is 2.19. The summed E-state index contributed by atoms with van der Waals surface area (Å²) < 4.78 is 0. The first-order valence-corrected chi connectivity index (χ1v) is 5.45. The van der Waals surface area contributed by atoms with Crippen LogP contribution in [0.4, 0.5) is 0 Å². The van der Waals surface area contributed by atoms with Gasteiger partial charge in [0.05, 0.1) is 0 Å². The molecule has 0 aliphatic rings. The predicted molar refractivity (Wildman–Crippen MR) is 58.2 cm³/mol. The van der Waals surface area contributed by atoms with E-state index in [1.54, 1.807) is 0 Å². The fourth-order valence-electron chi connectivity index (χ4n) is 0.949. The van der Waals surface area contributed by atoms with Crippen LogP contribution in [0.15, 0.2) is 30.3 Å². The van der Waals surface area contributed by atoms with E-state index >= 15 is 0 Å². The van der Waals surface area contributed by atoms with E-state index in [-0.39, 0.29) is 12.4 Å². The van der Waals surface area contributed by atoms with E-state index in [0.29, 0.717) is 5.75 Å². The van der Waals surface area contributed by atoms with Crippen LogP contribution in [0, 0.1) is 0 Å². The third kappa shape index (κ3) is 5.67. The number of halogens is 1. The molecule has 3 N–H and O–H groups in total. The third-order valence-corrected chi connectivity index (χ3v) is 2.86. The van der Waals surface area contributed by atoms with Crippen molar-refractivity contribution in [1.29, 1.82) is 0 Å². The number of rotatable bonds is 5. The van der Waals surface area contributed by atoms with Crippen molar-refractivity contribution in [3.63, 3.8) is 0 Å². The highest BCUT2D eigenvalue weighted by molar-refractivity contribution is 7.98. The monoisotopic (exact) mass is 246 g/mol. The van der Waals surface area contributed by atoms with E-state index in [9.17, 15) is 4.79 Å². The van der Waals surface area contributed by atoms with Gasteiger partial charge in [0.1, 0.15) is 6.04 Å². The molecule has 1 rings (SSSR count). The van der Waals surface area contributed by atoms with Crippen LogP contribution in [0.5, 0.6) is 0 Å². The number of hydrogen-bond acceptors (Lipinski definition) is 3. The summed E-state index contributed by atoms with van der Waals surface area (Å²) in [5.74, 6) is 0.317. The number of hydrogen-bond donors (Lipinski definition) is 2. The molecule has 84 valence electrons. The highest BCUT2D eigenvalue weighted by Crippen LogP contribution is 2.11. The summed E-state index contributed by atoms with van der Waals surface area (Å²) in [6, 6.07) is 9.15. The Bertz CT molecular complexity index is 295. The molecule has 0 radical (unpaired) electrons. The van der Waals surface area contributed by atoms with Gasteiger partial charge in [-0.15, -0.1) is 0 Å². The lowest BCUT2D eigenvalue weighted by Gasteiger charge is -2.05. The number of benzene rings is 1. The van der Waals surface area contributed by atoms with Gasteiger partial charge in [0.25, 0.3) is 0 Å². The summed E-state index contributed by atoms with van der Waals surface area (Å²) in [6.07, 6.45) is 0. The lowest BCUT2D eigenvalue weighted by Crippen LogP contribution is -3.00. The highest BCUT2D eigenvalue weighted by atomic mass is 35.5. The van der Waals surface area contributed by atoms with E-state index in [4.69, 9.17) is 10.8 Å². The van der Waals surface area contributed by atoms with E-state index in [2.05, 4.69) is 0 Å². The maximum absolute atomic E-state index is 10.4. The van der Waals surface area contributed by atoms with Gasteiger partial charge in [-0.2, -0.15) is 11.8 Å². The van der Waals surface area contributed by atoms with Crippen LogP contribution in [-0.2, 0) is 10.5 Å². The Kier molecular flexibility index (Phi) is 7.21. The van der Waals surface area contributed by atoms with Crippen molar-refractivity contribution in [2.45, 2.75) is 11.8 Å².